The van der Waals surface area contributed by atoms with E-state index in [1.807, 2.05) is 12.1 Å². The summed E-state index contributed by atoms with van der Waals surface area (Å²) < 4.78 is 2.29. The van der Waals surface area contributed by atoms with Crippen molar-refractivity contribution in [3.63, 3.8) is 0 Å². The zero-order valence-electron chi connectivity index (χ0n) is 19.1. The molecule has 4 aliphatic rings. The molecule has 0 aliphatic carbocycles. The molecular weight excluding hydrogens is 434 g/mol. The van der Waals surface area contributed by atoms with Gasteiger partial charge in [0.2, 0.25) is 11.8 Å². The van der Waals surface area contributed by atoms with Crippen LogP contribution in [-0.2, 0) is 35.8 Å². The monoisotopic (exact) mass is 463 g/mol. The van der Waals surface area contributed by atoms with Crippen molar-refractivity contribution in [2.45, 2.75) is 63.8 Å². The first-order chi connectivity index (χ1) is 16.6. The third-order valence-electron chi connectivity index (χ3n) is 7.68. The van der Waals surface area contributed by atoms with E-state index in [0.29, 0.717) is 24.4 Å². The first-order valence-electron chi connectivity index (χ1n) is 12.2. The summed E-state index contributed by atoms with van der Waals surface area (Å²) in [5.74, 6) is 1.85. The molecule has 10 heteroatoms. The number of carbonyl (C=O) groups excluding carboxylic acids is 3. The van der Waals surface area contributed by atoms with Crippen molar-refractivity contribution < 1.29 is 14.4 Å². The van der Waals surface area contributed by atoms with Crippen LogP contribution >= 0.6 is 0 Å². The third kappa shape index (κ3) is 3.70. The number of aromatic nitrogens is 3. The average Bonchev–Trinajstić information content (AvgIpc) is 3.42. The highest BCUT2D eigenvalue weighted by Gasteiger charge is 2.40. The van der Waals surface area contributed by atoms with E-state index in [1.54, 1.807) is 4.90 Å². The Balaban J connectivity index is 1.13. The summed E-state index contributed by atoms with van der Waals surface area (Å²) in [5.41, 5.74) is 2.84. The minimum Gasteiger partial charge on any atom is -0.322 e. The Labute approximate surface area is 197 Å². The van der Waals surface area contributed by atoms with Crippen LogP contribution in [0.1, 0.15) is 64.7 Å². The van der Waals surface area contributed by atoms with Crippen molar-refractivity contribution in [2.75, 3.05) is 19.6 Å². The number of fused-ring (bicyclic) bond motifs is 2. The second-order valence-corrected chi connectivity index (χ2v) is 9.70. The fourth-order valence-corrected chi connectivity index (χ4v) is 5.80. The third-order valence-corrected chi connectivity index (χ3v) is 7.68. The SMILES string of the molecule is O=C1CCC(N2Cc3c(CN4CCC(c5nnc6n5CCNC6)CC4)cccc3C2=O)C(=O)N1. The number of nitrogens with one attached hydrogen (secondary N) is 2. The Morgan fingerprint density at radius 2 is 1.88 bits per heavy atom. The summed E-state index contributed by atoms with van der Waals surface area (Å²) in [6.45, 7) is 5.84. The van der Waals surface area contributed by atoms with E-state index in [1.165, 1.54) is 0 Å². The number of rotatable bonds is 4. The number of nitrogens with zero attached hydrogens (tertiary/aromatic N) is 5. The van der Waals surface area contributed by atoms with Crippen LogP contribution in [0.25, 0.3) is 0 Å². The average molecular weight is 464 g/mol. The normalized spacial score (nSPS) is 23.7. The van der Waals surface area contributed by atoms with Crippen molar-refractivity contribution in [2.24, 2.45) is 0 Å². The molecule has 4 aliphatic heterocycles. The zero-order valence-corrected chi connectivity index (χ0v) is 19.1. The Hall–Kier alpha value is -3.11. The van der Waals surface area contributed by atoms with Gasteiger partial charge in [0.1, 0.15) is 17.7 Å². The first-order valence-corrected chi connectivity index (χ1v) is 12.2. The smallest absolute Gasteiger partial charge is 0.255 e. The predicted molar refractivity (Wildman–Crippen MR) is 121 cm³/mol. The molecule has 1 unspecified atom stereocenters. The molecule has 1 aromatic carbocycles. The maximum atomic E-state index is 13.1. The van der Waals surface area contributed by atoms with Crippen molar-refractivity contribution in [1.29, 1.82) is 0 Å². The molecule has 2 fully saturated rings. The fourth-order valence-electron chi connectivity index (χ4n) is 5.80. The molecule has 5 heterocycles. The van der Waals surface area contributed by atoms with Gasteiger partial charge in [0, 0.05) is 44.1 Å². The Bertz CT molecular complexity index is 1150. The Morgan fingerprint density at radius 3 is 2.71 bits per heavy atom. The molecule has 0 saturated carbocycles. The van der Waals surface area contributed by atoms with E-state index in [9.17, 15) is 14.4 Å². The number of carbonyl (C=O) groups is 3. The maximum absolute atomic E-state index is 13.1. The van der Waals surface area contributed by atoms with Crippen LogP contribution in [0.2, 0.25) is 0 Å². The molecule has 10 nitrogen and oxygen atoms in total. The second kappa shape index (κ2) is 8.59. The molecule has 34 heavy (non-hydrogen) atoms. The van der Waals surface area contributed by atoms with Crippen molar-refractivity contribution in [1.82, 2.24) is 35.2 Å². The van der Waals surface area contributed by atoms with Gasteiger partial charge < -0.3 is 14.8 Å². The summed E-state index contributed by atoms with van der Waals surface area (Å²) in [6.07, 6.45) is 2.74. The van der Waals surface area contributed by atoms with Gasteiger partial charge in [-0.05, 0) is 49.5 Å². The van der Waals surface area contributed by atoms with Gasteiger partial charge in [-0.1, -0.05) is 12.1 Å². The van der Waals surface area contributed by atoms with Gasteiger partial charge in [-0.2, -0.15) is 0 Å². The van der Waals surface area contributed by atoms with Crippen LogP contribution in [-0.4, -0.2) is 68.0 Å². The van der Waals surface area contributed by atoms with Gasteiger partial charge in [0.25, 0.3) is 5.91 Å². The Kier molecular flexibility index (Phi) is 5.41. The summed E-state index contributed by atoms with van der Waals surface area (Å²) in [6, 6.07) is 5.30. The lowest BCUT2D eigenvalue weighted by Gasteiger charge is -2.32. The quantitative estimate of drug-likeness (QED) is 0.636. The highest BCUT2D eigenvalue weighted by Crippen LogP contribution is 2.32. The van der Waals surface area contributed by atoms with Gasteiger partial charge >= 0.3 is 0 Å². The highest BCUT2D eigenvalue weighted by molar-refractivity contribution is 6.05. The van der Waals surface area contributed by atoms with Crippen LogP contribution in [0, 0.1) is 0 Å². The second-order valence-electron chi connectivity index (χ2n) is 9.70. The standard InChI is InChI=1S/C24H29N7O3/c32-21-5-4-19(23(33)26-21)31-14-18-16(2-1-3-17(18)24(31)34)13-29-9-6-15(7-10-29)22-28-27-20-12-25-8-11-30(20)22/h1-3,15,19,25H,4-14H2,(H,26,32,33). The van der Waals surface area contributed by atoms with Crippen molar-refractivity contribution in [3.05, 3.63) is 46.5 Å². The lowest BCUT2D eigenvalue weighted by Crippen LogP contribution is -2.52. The van der Waals surface area contributed by atoms with Crippen LogP contribution in [0.5, 0.6) is 0 Å². The molecule has 3 amide bonds. The molecule has 2 saturated heterocycles. The summed E-state index contributed by atoms with van der Waals surface area (Å²) in [5, 5.41) is 14.6. The van der Waals surface area contributed by atoms with Gasteiger partial charge in [-0.15, -0.1) is 10.2 Å². The van der Waals surface area contributed by atoms with E-state index >= 15 is 0 Å². The van der Waals surface area contributed by atoms with Crippen molar-refractivity contribution >= 4 is 17.7 Å². The van der Waals surface area contributed by atoms with Crippen LogP contribution in [0.3, 0.4) is 0 Å². The van der Waals surface area contributed by atoms with Crippen LogP contribution in [0.4, 0.5) is 0 Å². The number of hydrogen-bond donors (Lipinski definition) is 2. The van der Waals surface area contributed by atoms with E-state index in [4.69, 9.17) is 0 Å². The molecule has 0 spiro atoms. The molecule has 1 atom stereocenters. The van der Waals surface area contributed by atoms with Gasteiger partial charge in [0.15, 0.2) is 0 Å². The molecule has 1 aromatic heterocycles. The number of benzene rings is 1. The first kappa shape index (κ1) is 21.4. The fraction of sp³-hybridized carbons (Fsp3) is 0.542. The summed E-state index contributed by atoms with van der Waals surface area (Å²) in [7, 11) is 0. The number of amides is 3. The number of imide groups is 1. The molecular formula is C24H29N7O3. The van der Waals surface area contributed by atoms with Gasteiger partial charge in [-0.3, -0.25) is 24.6 Å². The van der Waals surface area contributed by atoms with E-state index in [2.05, 4.69) is 36.4 Å². The molecule has 6 rings (SSSR count). The molecule has 0 radical (unpaired) electrons. The summed E-state index contributed by atoms with van der Waals surface area (Å²) >= 11 is 0. The van der Waals surface area contributed by atoms with E-state index in [0.717, 1.165) is 74.9 Å². The Morgan fingerprint density at radius 1 is 1.03 bits per heavy atom. The maximum Gasteiger partial charge on any atom is 0.255 e. The summed E-state index contributed by atoms with van der Waals surface area (Å²) in [4.78, 5) is 41.0. The molecule has 2 N–H and O–H groups in total. The molecule has 0 bridgehead atoms. The van der Waals surface area contributed by atoms with Gasteiger partial charge in [-0.25, -0.2) is 0 Å². The number of piperidine rings is 2. The van der Waals surface area contributed by atoms with E-state index < -0.39 is 6.04 Å². The van der Waals surface area contributed by atoms with E-state index in [-0.39, 0.29) is 24.1 Å². The van der Waals surface area contributed by atoms with Crippen LogP contribution < -0.4 is 10.6 Å². The minimum atomic E-state index is -0.578. The van der Waals surface area contributed by atoms with Gasteiger partial charge in [0.05, 0.1) is 6.54 Å². The number of likely N-dealkylation sites (tertiary alicyclic amines) is 1. The zero-order chi connectivity index (χ0) is 23.2. The van der Waals surface area contributed by atoms with Crippen molar-refractivity contribution in [3.8, 4) is 0 Å². The number of hydrogen-bond acceptors (Lipinski definition) is 7. The predicted octanol–water partition coefficient (Wildman–Crippen LogP) is 0.522. The topological polar surface area (TPSA) is 112 Å². The minimum absolute atomic E-state index is 0.115. The van der Waals surface area contributed by atoms with Crippen LogP contribution in [0.15, 0.2) is 18.2 Å². The molecule has 178 valence electrons. The molecule has 2 aromatic rings. The lowest BCUT2D eigenvalue weighted by atomic mass is 9.94. The largest absolute Gasteiger partial charge is 0.322 e. The highest BCUT2D eigenvalue weighted by atomic mass is 16.2. The lowest BCUT2D eigenvalue weighted by molar-refractivity contribution is -0.136.